The maximum Gasteiger partial charge on any atom is 0.295 e. The average molecular weight is 471 g/mol. The molecule has 5 nitrogen and oxygen atoms in total. The number of aryl methyl sites for hydroxylation is 1. The van der Waals surface area contributed by atoms with Crippen LogP contribution >= 0.6 is 11.6 Å². The zero-order valence-corrected chi connectivity index (χ0v) is 19.3. The molecular formula is C28H23ClN2O3. The fourth-order valence-electron chi connectivity index (χ4n) is 4.58. The van der Waals surface area contributed by atoms with Crippen LogP contribution in [0, 0.1) is 6.92 Å². The predicted octanol–water partition coefficient (Wildman–Crippen LogP) is 5.79. The first-order chi connectivity index (χ1) is 16.5. The Morgan fingerprint density at radius 3 is 2.47 bits per heavy atom. The minimum Gasteiger partial charge on any atom is -0.507 e. The Morgan fingerprint density at radius 2 is 1.71 bits per heavy atom. The summed E-state index contributed by atoms with van der Waals surface area (Å²) in [5.41, 5.74) is 4.24. The smallest absolute Gasteiger partial charge is 0.295 e. The maximum absolute atomic E-state index is 13.2. The van der Waals surface area contributed by atoms with E-state index in [1.165, 1.54) is 4.90 Å². The highest BCUT2D eigenvalue weighted by molar-refractivity contribution is 6.47. The number of likely N-dealkylation sites (tertiary alicyclic amines) is 1. The number of rotatable bonds is 5. The summed E-state index contributed by atoms with van der Waals surface area (Å²) in [5, 5.41) is 12.7. The van der Waals surface area contributed by atoms with Crippen molar-refractivity contribution in [1.82, 2.24) is 9.88 Å². The molecule has 2 heterocycles. The second-order valence-electron chi connectivity index (χ2n) is 8.49. The van der Waals surface area contributed by atoms with Crippen molar-refractivity contribution in [3.63, 3.8) is 0 Å². The molecule has 170 valence electrons. The second kappa shape index (κ2) is 8.84. The number of hydrogen-bond acceptors (Lipinski definition) is 3. The molecule has 1 amide bonds. The van der Waals surface area contributed by atoms with E-state index in [2.05, 4.69) is 4.98 Å². The summed E-state index contributed by atoms with van der Waals surface area (Å²) in [6, 6.07) is 21.5. The summed E-state index contributed by atoms with van der Waals surface area (Å²) in [7, 11) is 0. The third-order valence-corrected chi connectivity index (χ3v) is 6.71. The zero-order chi connectivity index (χ0) is 23.8. The molecule has 2 N–H and O–H groups in total. The number of fused-ring (bicyclic) bond motifs is 1. The topological polar surface area (TPSA) is 73.4 Å². The summed E-state index contributed by atoms with van der Waals surface area (Å²) >= 11 is 6.52. The van der Waals surface area contributed by atoms with Crippen molar-refractivity contribution in [1.29, 1.82) is 0 Å². The number of aliphatic hydroxyl groups is 1. The van der Waals surface area contributed by atoms with E-state index in [0.717, 1.165) is 22.0 Å². The lowest BCUT2D eigenvalue weighted by molar-refractivity contribution is -0.139. The molecule has 0 spiro atoms. The third-order valence-electron chi connectivity index (χ3n) is 6.36. The van der Waals surface area contributed by atoms with E-state index in [0.29, 0.717) is 29.1 Å². The molecule has 1 aliphatic rings. The lowest BCUT2D eigenvalue weighted by atomic mass is 9.95. The number of aromatic amines is 1. The van der Waals surface area contributed by atoms with Crippen LogP contribution in [0.1, 0.15) is 28.3 Å². The van der Waals surface area contributed by atoms with Crippen LogP contribution in [0.2, 0.25) is 5.02 Å². The number of para-hydroxylation sites is 1. The number of aromatic nitrogens is 1. The molecule has 1 saturated heterocycles. The fourth-order valence-corrected chi connectivity index (χ4v) is 4.82. The Labute approximate surface area is 202 Å². The molecule has 5 rings (SSSR count). The molecule has 34 heavy (non-hydrogen) atoms. The average Bonchev–Trinajstić information content (AvgIpc) is 3.37. The molecule has 6 heteroatoms. The van der Waals surface area contributed by atoms with Gasteiger partial charge in [-0.05, 0) is 36.6 Å². The van der Waals surface area contributed by atoms with Crippen molar-refractivity contribution in [2.24, 2.45) is 0 Å². The van der Waals surface area contributed by atoms with Gasteiger partial charge >= 0.3 is 0 Å². The van der Waals surface area contributed by atoms with Crippen molar-refractivity contribution in [3.8, 4) is 0 Å². The number of Topliss-reactive ketones (excluding diaryl/α,β-unsaturated/α-hetero) is 1. The minimum atomic E-state index is -0.778. The van der Waals surface area contributed by atoms with Crippen molar-refractivity contribution in [2.75, 3.05) is 6.54 Å². The number of ketones is 1. The van der Waals surface area contributed by atoms with Crippen LogP contribution in [-0.2, 0) is 16.0 Å². The van der Waals surface area contributed by atoms with Gasteiger partial charge in [-0.2, -0.15) is 0 Å². The van der Waals surface area contributed by atoms with Gasteiger partial charge in [-0.1, -0.05) is 77.8 Å². The van der Waals surface area contributed by atoms with E-state index in [1.807, 2.05) is 55.6 Å². The Bertz CT molecular complexity index is 1440. The SMILES string of the molecule is Cc1ccc(C(O)=C2C(=O)C(=O)N(CCc3c[nH]c4ccccc34)C2c2ccccc2Cl)cc1. The van der Waals surface area contributed by atoms with Crippen LogP contribution in [-0.4, -0.2) is 33.2 Å². The summed E-state index contributed by atoms with van der Waals surface area (Å²) in [4.78, 5) is 31.2. The normalized spacial score (nSPS) is 17.6. The van der Waals surface area contributed by atoms with Gasteiger partial charge in [-0.15, -0.1) is 0 Å². The van der Waals surface area contributed by atoms with E-state index in [4.69, 9.17) is 11.6 Å². The number of nitrogens with zero attached hydrogens (tertiary/aromatic N) is 1. The lowest BCUT2D eigenvalue weighted by Gasteiger charge is -2.26. The number of H-pyrrole nitrogens is 1. The van der Waals surface area contributed by atoms with Crippen LogP contribution in [0.3, 0.4) is 0 Å². The van der Waals surface area contributed by atoms with Crippen LogP contribution in [0.15, 0.2) is 84.6 Å². The van der Waals surface area contributed by atoms with Gasteiger partial charge in [0.1, 0.15) is 5.76 Å². The second-order valence-corrected chi connectivity index (χ2v) is 8.90. The molecular weight excluding hydrogens is 448 g/mol. The number of benzene rings is 3. The van der Waals surface area contributed by atoms with Crippen molar-refractivity contribution >= 4 is 40.0 Å². The van der Waals surface area contributed by atoms with Crippen LogP contribution in [0.5, 0.6) is 0 Å². The molecule has 1 fully saturated rings. The first-order valence-corrected chi connectivity index (χ1v) is 11.5. The number of hydrogen-bond donors (Lipinski definition) is 2. The Kier molecular flexibility index (Phi) is 5.72. The summed E-state index contributed by atoms with van der Waals surface area (Å²) in [5.74, 6) is -1.54. The molecule has 1 atom stereocenters. The highest BCUT2D eigenvalue weighted by Gasteiger charge is 2.46. The zero-order valence-electron chi connectivity index (χ0n) is 18.6. The molecule has 0 bridgehead atoms. The Hall–Kier alpha value is -3.83. The standard InChI is InChI=1S/C28H23ClN2O3/c1-17-10-12-18(13-11-17)26(32)24-25(21-7-2-4-8-22(21)29)31(28(34)27(24)33)15-14-19-16-30-23-9-5-3-6-20(19)23/h2-13,16,25,30,32H,14-15H2,1H3. The van der Waals surface area contributed by atoms with Gasteiger partial charge in [0.15, 0.2) is 0 Å². The summed E-state index contributed by atoms with van der Waals surface area (Å²) in [6.45, 7) is 2.24. The van der Waals surface area contributed by atoms with Crippen LogP contribution in [0.4, 0.5) is 0 Å². The van der Waals surface area contributed by atoms with E-state index in [1.54, 1.807) is 30.3 Å². The molecule has 3 aromatic carbocycles. The van der Waals surface area contributed by atoms with Gasteiger partial charge in [0, 0.05) is 34.2 Å². The Morgan fingerprint density at radius 1 is 1.00 bits per heavy atom. The summed E-state index contributed by atoms with van der Waals surface area (Å²) < 4.78 is 0. The fraction of sp³-hybridized carbons (Fsp3) is 0.143. The molecule has 1 unspecified atom stereocenters. The van der Waals surface area contributed by atoms with Gasteiger partial charge in [0.2, 0.25) is 0 Å². The highest BCUT2D eigenvalue weighted by Crippen LogP contribution is 2.42. The van der Waals surface area contributed by atoms with E-state index < -0.39 is 17.7 Å². The van der Waals surface area contributed by atoms with Gasteiger partial charge in [0.05, 0.1) is 11.6 Å². The van der Waals surface area contributed by atoms with Gasteiger partial charge in [0.25, 0.3) is 11.7 Å². The predicted molar refractivity (Wildman–Crippen MR) is 134 cm³/mol. The largest absolute Gasteiger partial charge is 0.507 e. The number of aliphatic hydroxyl groups excluding tert-OH is 1. The first kappa shape index (κ1) is 22.0. The molecule has 0 aliphatic carbocycles. The van der Waals surface area contributed by atoms with E-state index in [-0.39, 0.29) is 11.3 Å². The number of carbonyl (C=O) groups excluding carboxylic acids is 2. The van der Waals surface area contributed by atoms with Gasteiger partial charge in [-0.3, -0.25) is 9.59 Å². The summed E-state index contributed by atoms with van der Waals surface area (Å²) in [6.07, 6.45) is 2.47. The Balaban J connectivity index is 1.58. The molecule has 0 saturated carbocycles. The van der Waals surface area contributed by atoms with Crippen LogP contribution in [0.25, 0.3) is 16.7 Å². The number of carbonyl (C=O) groups is 2. The molecule has 4 aromatic rings. The van der Waals surface area contributed by atoms with Gasteiger partial charge in [-0.25, -0.2) is 0 Å². The quantitative estimate of drug-likeness (QED) is 0.220. The molecule has 1 aromatic heterocycles. The highest BCUT2D eigenvalue weighted by atomic mass is 35.5. The maximum atomic E-state index is 13.2. The van der Waals surface area contributed by atoms with Crippen LogP contribution < -0.4 is 0 Å². The van der Waals surface area contributed by atoms with E-state index in [9.17, 15) is 14.7 Å². The van der Waals surface area contributed by atoms with E-state index >= 15 is 0 Å². The molecule has 1 aliphatic heterocycles. The number of halogens is 1. The van der Waals surface area contributed by atoms with Gasteiger partial charge < -0.3 is 15.0 Å². The molecule has 0 radical (unpaired) electrons. The number of amides is 1. The van der Waals surface area contributed by atoms with Crippen molar-refractivity contribution < 1.29 is 14.7 Å². The number of nitrogens with one attached hydrogen (secondary N) is 1. The minimum absolute atomic E-state index is 0.0564. The monoisotopic (exact) mass is 470 g/mol. The van der Waals surface area contributed by atoms with Crippen molar-refractivity contribution in [3.05, 3.63) is 112 Å². The lowest BCUT2D eigenvalue weighted by Crippen LogP contribution is -2.31. The van der Waals surface area contributed by atoms with Crippen molar-refractivity contribution in [2.45, 2.75) is 19.4 Å². The first-order valence-electron chi connectivity index (χ1n) is 11.1. The third kappa shape index (κ3) is 3.78.